The number of hydrogen-bond acceptors (Lipinski definition) is 7. The lowest BCUT2D eigenvalue weighted by atomic mass is 9.85. The first-order valence-corrected chi connectivity index (χ1v) is 11.7. The summed E-state index contributed by atoms with van der Waals surface area (Å²) in [5.74, 6) is 0.753. The summed E-state index contributed by atoms with van der Waals surface area (Å²) in [4.78, 5) is 33.8. The molecule has 9 heteroatoms. The van der Waals surface area contributed by atoms with Gasteiger partial charge in [0, 0.05) is 53.9 Å². The Bertz CT molecular complexity index is 1250. The number of aryl methyl sites for hydroxylation is 1. The van der Waals surface area contributed by atoms with Gasteiger partial charge < -0.3 is 15.6 Å². The third-order valence-electron chi connectivity index (χ3n) is 6.04. The molecule has 4 heterocycles. The number of nitrogens with one attached hydrogen (secondary N) is 3. The van der Waals surface area contributed by atoms with E-state index in [4.69, 9.17) is 9.97 Å². The van der Waals surface area contributed by atoms with E-state index in [2.05, 4.69) is 31.7 Å². The number of amides is 1. The van der Waals surface area contributed by atoms with E-state index in [1.165, 1.54) is 0 Å². The number of aromatic nitrogens is 5. The van der Waals surface area contributed by atoms with Crippen LogP contribution in [-0.4, -0.2) is 43.9 Å². The van der Waals surface area contributed by atoms with Crippen LogP contribution >= 0.6 is 11.3 Å². The Morgan fingerprint density at radius 3 is 2.94 bits per heavy atom. The molecule has 1 saturated carbocycles. The number of fused-ring (bicyclic) bond motifs is 1. The Hall–Kier alpha value is -3.33. The number of carbonyl (C=O) groups excluding carboxylic acids is 1. The fourth-order valence-corrected chi connectivity index (χ4v) is 5.01. The molecule has 1 fully saturated rings. The monoisotopic (exact) mass is 447 g/mol. The third-order valence-corrected chi connectivity index (χ3v) is 6.84. The van der Waals surface area contributed by atoms with Crippen molar-refractivity contribution < 1.29 is 4.79 Å². The molecule has 3 N–H and O–H groups in total. The first-order chi connectivity index (χ1) is 15.6. The lowest BCUT2D eigenvalue weighted by Gasteiger charge is -2.28. The van der Waals surface area contributed by atoms with Gasteiger partial charge in [0.1, 0.15) is 16.3 Å². The standard InChI is InChI=1S/C23H25N7OS/c1-13-11-27-23(28-15-5-3-4-14(10-15)21(31)24-2)30-19(13)17-12-26-20-16(17)6-7-18(29-20)22-25-8-9-32-22/h6-9,11-12,14-15H,3-5,10H2,1-2H3,(H,24,31)(H,26,29)(H,27,28,30)/t14-,15+/m0/s1. The van der Waals surface area contributed by atoms with Crippen molar-refractivity contribution in [3.8, 4) is 22.0 Å². The number of carbonyl (C=O) groups is 1. The van der Waals surface area contributed by atoms with Gasteiger partial charge in [-0.3, -0.25) is 4.79 Å². The van der Waals surface area contributed by atoms with E-state index in [0.717, 1.165) is 64.2 Å². The molecule has 2 atom stereocenters. The Balaban J connectivity index is 1.41. The summed E-state index contributed by atoms with van der Waals surface area (Å²) in [5.41, 5.74) is 4.52. The van der Waals surface area contributed by atoms with E-state index < -0.39 is 0 Å². The van der Waals surface area contributed by atoms with Gasteiger partial charge in [0.2, 0.25) is 11.9 Å². The molecule has 32 heavy (non-hydrogen) atoms. The summed E-state index contributed by atoms with van der Waals surface area (Å²) in [5, 5.41) is 10.1. The van der Waals surface area contributed by atoms with Crippen LogP contribution in [0, 0.1) is 12.8 Å². The lowest BCUT2D eigenvalue weighted by Crippen LogP contribution is -2.36. The molecular formula is C23H25N7OS. The van der Waals surface area contributed by atoms with Crippen LogP contribution in [0.2, 0.25) is 0 Å². The third kappa shape index (κ3) is 3.95. The second-order valence-electron chi connectivity index (χ2n) is 8.18. The maximum Gasteiger partial charge on any atom is 0.223 e. The number of thiazole rings is 1. The highest BCUT2D eigenvalue weighted by Crippen LogP contribution is 2.32. The molecule has 0 aliphatic heterocycles. The molecule has 0 radical (unpaired) electrons. The van der Waals surface area contributed by atoms with E-state index in [1.807, 2.05) is 30.8 Å². The molecule has 164 valence electrons. The van der Waals surface area contributed by atoms with E-state index in [0.29, 0.717) is 5.95 Å². The van der Waals surface area contributed by atoms with Gasteiger partial charge in [0.15, 0.2) is 0 Å². The predicted molar refractivity (Wildman–Crippen MR) is 126 cm³/mol. The molecule has 1 amide bonds. The Morgan fingerprint density at radius 2 is 2.12 bits per heavy atom. The summed E-state index contributed by atoms with van der Waals surface area (Å²) in [7, 11) is 1.70. The quantitative estimate of drug-likeness (QED) is 0.424. The first-order valence-electron chi connectivity index (χ1n) is 10.8. The predicted octanol–water partition coefficient (Wildman–Crippen LogP) is 4.17. The molecule has 1 aliphatic rings. The molecule has 0 saturated heterocycles. The molecule has 8 nitrogen and oxygen atoms in total. The van der Waals surface area contributed by atoms with Crippen molar-refractivity contribution in [3.05, 3.63) is 41.7 Å². The zero-order valence-electron chi connectivity index (χ0n) is 18.1. The van der Waals surface area contributed by atoms with Crippen LogP contribution < -0.4 is 10.6 Å². The average molecular weight is 448 g/mol. The fraction of sp³-hybridized carbons (Fsp3) is 0.348. The van der Waals surface area contributed by atoms with Gasteiger partial charge in [0.25, 0.3) is 0 Å². The maximum absolute atomic E-state index is 12.1. The zero-order valence-corrected chi connectivity index (χ0v) is 18.9. The highest BCUT2D eigenvalue weighted by molar-refractivity contribution is 7.13. The molecule has 0 aromatic carbocycles. The number of rotatable bonds is 5. The van der Waals surface area contributed by atoms with E-state index >= 15 is 0 Å². The number of anilines is 1. The van der Waals surface area contributed by atoms with Gasteiger partial charge in [-0.2, -0.15) is 0 Å². The van der Waals surface area contributed by atoms with Crippen LogP contribution in [0.25, 0.3) is 33.0 Å². The summed E-state index contributed by atoms with van der Waals surface area (Å²) in [6, 6.07) is 4.25. The van der Waals surface area contributed by atoms with Crippen molar-refractivity contribution in [2.45, 2.75) is 38.6 Å². The Labute approximate surface area is 189 Å². The van der Waals surface area contributed by atoms with Crippen molar-refractivity contribution in [2.75, 3.05) is 12.4 Å². The number of aromatic amines is 1. The molecule has 0 unspecified atom stereocenters. The fourth-order valence-electron chi connectivity index (χ4n) is 4.40. The highest BCUT2D eigenvalue weighted by Gasteiger charge is 2.27. The first kappa shape index (κ1) is 20.6. The largest absolute Gasteiger partial charge is 0.359 e. The second kappa shape index (κ2) is 8.66. The number of hydrogen-bond donors (Lipinski definition) is 3. The Kier molecular flexibility index (Phi) is 5.57. The van der Waals surface area contributed by atoms with Crippen LogP contribution in [0.4, 0.5) is 5.95 Å². The van der Waals surface area contributed by atoms with Gasteiger partial charge in [-0.25, -0.2) is 19.9 Å². The van der Waals surface area contributed by atoms with Crippen LogP contribution in [0.3, 0.4) is 0 Å². The topological polar surface area (TPSA) is 108 Å². The summed E-state index contributed by atoms with van der Waals surface area (Å²) >= 11 is 1.57. The average Bonchev–Trinajstić information content (AvgIpc) is 3.50. The van der Waals surface area contributed by atoms with E-state index in [-0.39, 0.29) is 17.9 Å². The van der Waals surface area contributed by atoms with Crippen LogP contribution in [0.5, 0.6) is 0 Å². The van der Waals surface area contributed by atoms with Crippen LogP contribution in [0.1, 0.15) is 31.2 Å². The smallest absolute Gasteiger partial charge is 0.223 e. The van der Waals surface area contributed by atoms with Gasteiger partial charge in [-0.15, -0.1) is 11.3 Å². The molecule has 0 spiro atoms. The summed E-state index contributed by atoms with van der Waals surface area (Å²) < 4.78 is 0. The van der Waals surface area contributed by atoms with Crippen molar-refractivity contribution in [1.82, 2.24) is 30.2 Å². The molecule has 4 aromatic heterocycles. The second-order valence-corrected chi connectivity index (χ2v) is 9.07. The highest BCUT2D eigenvalue weighted by atomic mass is 32.1. The minimum Gasteiger partial charge on any atom is -0.359 e. The summed E-state index contributed by atoms with van der Waals surface area (Å²) in [6.45, 7) is 2.01. The molecule has 5 rings (SSSR count). The van der Waals surface area contributed by atoms with Crippen LogP contribution in [-0.2, 0) is 4.79 Å². The van der Waals surface area contributed by atoms with Crippen molar-refractivity contribution >= 4 is 34.2 Å². The minimum absolute atomic E-state index is 0.0443. The lowest BCUT2D eigenvalue weighted by molar-refractivity contribution is -0.125. The van der Waals surface area contributed by atoms with Crippen molar-refractivity contribution in [2.24, 2.45) is 5.92 Å². The number of H-pyrrole nitrogens is 1. The summed E-state index contributed by atoms with van der Waals surface area (Å²) in [6.07, 6.45) is 9.34. The van der Waals surface area contributed by atoms with Gasteiger partial charge in [-0.1, -0.05) is 6.42 Å². The Morgan fingerprint density at radius 1 is 1.22 bits per heavy atom. The number of nitrogens with zero attached hydrogens (tertiary/aromatic N) is 4. The number of pyridine rings is 1. The zero-order chi connectivity index (χ0) is 22.1. The van der Waals surface area contributed by atoms with Crippen LogP contribution in [0.15, 0.2) is 36.1 Å². The minimum atomic E-state index is 0.0443. The van der Waals surface area contributed by atoms with E-state index in [1.54, 1.807) is 24.6 Å². The molecule has 1 aliphatic carbocycles. The molecule has 0 bridgehead atoms. The molecule has 4 aromatic rings. The maximum atomic E-state index is 12.1. The normalized spacial score (nSPS) is 18.6. The van der Waals surface area contributed by atoms with E-state index in [9.17, 15) is 4.79 Å². The SMILES string of the molecule is CNC(=O)[C@H]1CCC[C@@H](Nc2ncc(C)c(-c3c[nH]c4nc(-c5nccs5)ccc34)n2)C1. The van der Waals surface area contributed by atoms with Gasteiger partial charge >= 0.3 is 0 Å². The van der Waals surface area contributed by atoms with Gasteiger partial charge in [0.05, 0.1) is 5.69 Å². The van der Waals surface area contributed by atoms with Gasteiger partial charge in [-0.05, 0) is 43.9 Å². The molecular weight excluding hydrogens is 422 g/mol. The van der Waals surface area contributed by atoms with Crippen molar-refractivity contribution in [1.29, 1.82) is 0 Å². The van der Waals surface area contributed by atoms with Crippen molar-refractivity contribution in [3.63, 3.8) is 0 Å².